The van der Waals surface area contributed by atoms with Gasteiger partial charge in [-0.3, -0.25) is 10.1 Å². The first-order valence-electron chi connectivity index (χ1n) is 6.62. The fourth-order valence-electron chi connectivity index (χ4n) is 1.96. The Bertz CT molecular complexity index is 628. The van der Waals surface area contributed by atoms with Crippen LogP contribution in [0, 0.1) is 24.0 Å². The summed E-state index contributed by atoms with van der Waals surface area (Å²) in [6.45, 7) is 5.23. The molecule has 21 heavy (non-hydrogen) atoms. The zero-order chi connectivity index (χ0) is 16.2. The van der Waals surface area contributed by atoms with Crippen LogP contribution < -0.4 is 0 Å². The fourth-order valence-corrected chi connectivity index (χ4v) is 3.67. The number of nitro benzene ring substituents is 1. The first-order valence-corrected chi connectivity index (χ1v) is 8.06. The summed E-state index contributed by atoms with van der Waals surface area (Å²) >= 11 is 0. The number of aliphatic hydroxyl groups excluding tert-OH is 1. The second-order valence-corrected chi connectivity index (χ2v) is 6.64. The fraction of sp³-hybridized carbons (Fsp3) is 0.538. The Morgan fingerprint density at radius 2 is 1.86 bits per heavy atom. The quantitative estimate of drug-likeness (QED) is 0.608. The number of nitro groups is 1. The third-order valence-electron chi connectivity index (χ3n) is 3.31. The third kappa shape index (κ3) is 3.78. The molecule has 1 rings (SSSR count). The largest absolute Gasteiger partial charge is 0.396 e. The van der Waals surface area contributed by atoms with Gasteiger partial charge < -0.3 is 5.11 Å². The standard InChI is InChI=1S/C13H20N2O5S/c1-4-14(6-5-7-16)21(19,20)13-9-11(3)10(2)8-12(13)15(17)18/h8-9,16H,4-7H2,1-3H3. The molecule has 0 aromatic heterocycles. The molecular formula is C13H20N2O5S. The third-order valence-corrected chi connectivity index (χ3v) is 5.31. The van der Waals surface area contributed by atoms with E-state index in [1.54, 1.807) is 20.8 Å². The molecular weight excluding hydrogens is 296 g/mol. The summed E-state index contributed by atoms with van der Waals surface area (Å²) in [4.78, 5) is 10.2. The zero-order valence-corrected chi connectivity index (χ0v) is 13.2. The predicted molar refractivity (Wildman–Crippen MR) is 78.7 cm³/mol. The molecule has 0 spiro atoms. The molecule has 0 atom stereocenters. The number of hydrogen-bond acceptors (Lipinski definition) is 5. The number of rotatable bonds is 7. The van der Waals surface area contributed by atoms with Gasteiger partial charge >= 0.3 is 0 Å². The lowest BCUT2D eigenvalue weighted by Crippen LogP contribution is -2.32. The highest BCUT2D eigenvalue weighted by Gasteiger charge is 2.31. The van der Waals surface area contributed by atoms with Crippen LogP contribution in [0.1, 0.15) is 24.5 Å². The van der Waals surface area contributed by atoms with Crippen molar-refractivity contribution in [3.8, 4) is 0 Å². The SMILES string of the molecule is CCN(CCCO)S(=O)(=O)c1cc(C)c(C)cc1[N+](=O)[O-]. The van der Waals surface area contributed by atoms with Crippen molar-refractivity contribution in [1.82, 2.24) is 4.31 Å². The number of nitrogens with zero attached hydrogens (tertiary/aromatic N) is 2. The summed E-state index contributed by atoms with van der Waals surface area (Å²) in [6.07, 6.45) is 0.283. The Kier molecular flexibility index (Phi) is 5.82. The minimum Gasteiger partial charge on any atom is -0.396 e. The van der Waals surface area contributed by atoms with Crippen molar-refractivity contribution in [1.29, 1.82) is 0 Å². The van der Waals surface area contributed by atoms with Gasteiger partial charge in [-0.15, -0.1) is 0 Å². The van der Waals surface area contributed by atoms with E-state index in [1.165, 1.54) is 12.1 Å². The van der Waals surface area contributed by atoms with Crippen LogP contribution in [0.4, 0.5) is 5.69 Å². The lowest BCUT2D eigenvalue weighted by Gasteiger charge is -2.20. The molecule has 0 unspecified atom stereocenters. The second kappa shape index (κ2) is 6.97. The summed E-state index contributed by atoms with van der Waals surface area (Å²) in [5, 5.41) is 20.0. The molecule has 0 aliphatic heterocycles. The molecule has 8 heteroatoms. The molecule has 0 saturated carbocycles. The molecule has 0 fully saturated rings. The van der Waals surface area contributed by atoms with E-state index in [0.29, 0.717) is 11.1 Å². The number of aryl methyl sites for hydroxylation is 2. The van der Waals surface area contributed by atoms with E-state index in [-0.39, 0.29) is 31.0 Å². The van der Waals surface area contributed by atoms with Crippen LogP contribution in [0.3, 0.4) is 0 Å². The van der Waals surface area contributed by atoms with Crippen molar-refractivity contribution >= 4 is 15.7 Å². The maximum absolute atomic E-state index is 12.6. The van der Waals surface area contributed by atoms with Crippen LogP contribution in [0.5, 0.6) is 0 Å². The molecule has 1 aromatic carbocycles. The van der Waals surface area contributed by atoms with Gasteiger partial charge in [0, 0.05) is 25.8 Å². The van der Waals surface area contributed by atoms with Crippen molar-refractivity contribution in [2.75, 3.05) is 19.7 Å². The lowest BCUT2D eigenvalue weighted by atomic mass is 10.1. The van der Waals surface area contributed by atoms with E-state index in [9.17, 15) is 18.5 Å². The summed E-state index contributed by atoms with van der Waals surface area (Å²) in [5.41, 5.74) is 0.928. The Balaban J connectivity index is 3.42. The Labute approximate surface area is 124 Å². The monoisotopic (exact) mass is 316 g/mol. The van der Waals surface area contributed by atoms with Gasteiger partial charge in [0.2, 0.25) is 10.0 Å². The van der Waals surface area contributed by atoms with E-state index in [1.807, 2.05) is 0 Å². The van der Waals surface area contributed by atoms with E-state index < -0.39 is 20.6 Å². The summed E-state index contributed by atoms with van der Waals surface area (Å²) in [7, 11) is -3.96. The average Bonchev–Trinajstić information content (AvgIpc) is 2.41. The predicted octanol–water partition coefficient (Wildman–Crippen LogP) is 1.60. The van der Waals surface area contributed by atoms with Crippen molar-refractivity contribution in [2.24, 2.45) is 0 Å². The molecule has 118 valence electrons. The van der Waals surface area contributed by atoms with Gasteiger partial charge in [0.1, 0.15) is 0 Å². The highest BCUT2D eigenvalue weighted by Crippen LogP contribution is 2.29. The lowest BCUT2D eigenvalue weighted by molar-refractivity contribution is -0.387. The Hall–Kier alpha value is -1.51. The number of sulfonamides is 1. The number of hydrogen-bond donors (Lipinski definition) is 1. The van der Waals surface area contributed by atoms with Crippen molar-refractivity contribution in [3.05, 3.63) is 33.4 Å². The van der Waals surface area contributed by atoms with Gasteiger partial charge in [-0.1, -0.05) is 6.92 Å². The summed E-state index contributed by atoms with van der Waals surface area (Å²) in [6, 6.07) is 2.62. The first-order chi connectivity index (χ1) is 9.75. The topological polar surface area (TPSA) is 101 Å². The van der Waals surface area contributed by atoms with E-state index in [4.69, 9.17) is 5.11 Å². The molecule has 0 aliphatic rings. The van der Waals surface area contributed by atoms with Crippen LogP contribution in [0.25, 0.3) is 0 Å². The Morgan fingerprint density at radius 3 is 2.33 bits per heavy atom. The van der Waals surface area contributed by atoms with Crippen LogP contribution in [0.2, 0.25) is 0 Å². The van der Waals surface area contributed by atoms with Crippen LogP contribution in [0.15, 0.2) is 17.0 Å². The first kappa shape index (κ1) is 17.5. The van der Waals surface area contributed by atoms with Gasteiger partial charge in [0.25, 0.3) is 5.69 Å². The molecule has 1 aromatic rings. The molecule has 0 bridgehead atoms. The molecule has 0 aliphatic carbocycles. The summed E-state index contributed by atoms with van der Waals surface area (Å²) in [5.74, 6) is 0. The normalized spacial score (nSPS) is 11.9. The number of benzene rings is 1. The van der Waals surface area contributed by atoms with Gasteiger partial charge in [-0.25, -0.2) is 8.42 Å². The minimum atomic E-state index is -3.96. The van der Waals surface area contributed by atoms with E-state index in [0.717, 1.165) is 4.31 Å². The molecule has 0 heterocycles. The van der Waals surface area contributed by atoms with Gasteiger partial charge in [-0.05, 0) is 37.5 Å². The van der Waals surface area contributed by atoms with E-state index >= 15 is 0 Å². The maximum Gasteiger partial charge on any atom is 0.289 e. The van der Waals surface area contributed by atoms with Crippen LogP contribution in [-0.4, -0.2) is 42.4 Å². The smallest absolute Gasteiger partial charge is 0.289 e. The van der Waals surface area contributed by atoms with Crippen molar-refractivity contribution in [2.45, 2.75) is 32.1 Å². The molecule has 0 amide bonds. The van der Waals surface area contributed by atoms with Gasteiger partial charge in [0.05, 0.1) is 4.92 Å². The Morgan fingerprint density at radius 1 is 1.29 bits per heavy atom. The van der Waals surface area contributed by atoms with Gasteiger partial charge in [0.15, 0.2) is 4.90 Å². The summed E-state index contributed by atoms with van der Waals surface area (Å²) < 4.78 is 26.3. The highest BCUT2D eigenvalue weighted by atomic mass is 32.2. The number of aliphatic hydroxyl groups is 1. The second-order valence-electron chi connectivity index (χ2n) is 4.74. The van der Waals surface area contributed by atoms with Crippen LogP contribution in [-0.2, 0) is 10.0 Å². The minimum absolute atomic E-state index is 0.124. The van der Waals surface area contributed by atoms with Gasteiger partial charge in [-0.2, -0.15) is 4.31 Å². The van der Waals surface area contributed by atoms with Crippen molar-refractivity contribution < 1.29 is 18.4 Å². The highest BCUT2D eigenvalue weighted by molar-refractivity contribution is 7.89. The molecule has 1 N–H and O–H groups in total. The van der Waals surface area contributed by atoms with E-state index in [2.05, 4.69) is 0 Å². The van der Waals surface area contributed by atoms with Crippen LogP contribution >= 0.6 is 0 Å². The maximum atomic E-state index is 12.6. The molecule has 0 radical (unpaired) electrons. The average molecular weight is 316 g/mol. The molecule has 0 saturated heterocycles. The zero-order valence-electron chi connectivity index (χ0n) is 12.4. The van der Waals surface area contributed by atoms with Crippen molar-refractivity contribution in [3.63, 3.8) is 0 Å². The molecule has 7 nitrogen and oxygen atoms in total.